The Hall–Kier alpha value is -2.09. The molecule has 0 bridgehead atoms. The number of carbonyl (C=O) groups excluding carboxylic acids is 1. The van der Waals surface area contributed by atoms with Gasteiger partial charge in [0.05, 0.1) is 12.1 Å². The third kappa shape index (κ3) is 3.70. The molecule has 2 rings (SSSR count). The summed E-state index contributed by atoms with van der Waals surface area (Å²) < 4.78 is 0. The van der Waals surface area contributed by atoms with Gasteiger partial charge in [0.15, 0.2) is 0 Å². The molecule has 0 spiro atoms. The minimum absolute atomic E-state index is 0.154. The van der Waals surface area contributed by atoms with Gasteiger partial charge in [-0.3, -0.25) is 4.79 Å². The number of amides is 1. The van der Waals surface area contributed by atoms with Gasteiger partial charge in [-0.15, -0.1) is 11.3 Å². The summed E-state index contributed by atoms with van der Waals surface area (Å²) in [5.74, 6) is 5.20. The van der Waals surface area contributed by atoms with E-state index in [0.717, 1.165) is 4.88 Å². The Balaban J connectivity index is 2.09. The summed E-state index contributed by atoms with van der Waals surface area (Å²) >= 11 is 1.67. The lowest BCUT2D eigenvalue weighted by atomic mass is 10.1. The standard InChI is InChI=1S/C16H15NO2S/c1-12-8-9-14(20-12)11-17-16(19)15-7-3-2-5-13(15)6-4-10-18/h2-3,5,7-9,18H,10-11H2,1H3,(H,17,19). The van der Waals surface area contributed by atoms with Gasteiger partial charge in [-0.05, 0) is 31.2 Å². The van der Waals surface area contributed by atoms with Gasteiger partial charge >= 0.3 is 0 Å². The molecular formula is C16H15NO2S. The van der Waals surface area contributed by atoms with Crippen LogP contribution in [0.1, 0.15) is 25.7 Å². The Labute approximate surface area is 122 Å². The fourth-order valence-electron chi connectivity index (χ4n) is 1.77. The van der Waals surface area contributed by atoms with Gasteiger partial charge in [0.2, 0.25) is 0 Å². The molecule has 2 aromatic rings. The lowest BCUT2D eigenvalue weighted by Gasteiger charge is -2.05. The van der Waals surface area contributed by atoms with Crippen LogP contribution >= 0.6 is 11.3 Å². The second-order valence-electron chi connectivity index (χ2n) is 4.20. The first kappa shape index (κ1) is 14.3. The number of nitrogens with one attached hydrogen (secondary N) is 1. The first-order valence-corrected chi connectivity index (χ1v) is 7.04. The van der Waals surface area contributed by atoms with Crippen LogP contribution in [0, 0.1) is 18.8 Å². The van der Waals surface area contributed by atoms with Crippen molar-refractivity contribution < 1.29 is 9.90 Å². The second-order valence-corrected chi connectivity index (χ2v) is 5.57. The van der Waals surface area contributed by atoms with Crippen molar-refractivity contribution in [2.45, 2.75) is 13.5 Å². The van der Waals surface area contributed by atoms with Crippen molar-refractivity contribution in [3.8, 4) is 11.8 Å². The van der Waals surface area contributed by atoms with Crippen molar-refractivity contribution in [1.82, 2.24) is 5.32 Å². The number of thiophene rings is 1. The topological polar surface area (TPSA) is 49.3 Å². The third-order valence-corrected chi connectivity index (χ3v) is 3.69. The SMILES string of the molecule is Cc1ccc(CNC(=O)c2ccccc2C#CCO)s1. The summed E-state index contributed by atoms with van der Waals surface area (Å²) in [6.07, 6.45) is 0. The van der Waals surface area contributed by atoms with Gasteiger partial charge in [-0.1, -0.05) is 24.0 Å². The van der Waals surface area contributed by atoms with E-state index >= 15 is 0 Å². The maximum absolute atomic E-state index is 12.2. The zero-order valence-electron chi connectivity index (χ0n) is 11.1. The molecule has 0 aliphatic rings. The molecule has 0 saturated heterocycles. The highest BCUT2D eigenvalue weighted by Crippen LogP contribution is 2.15. The maximum atomic E-state index is 12.2. The fourth-order valence-corrected chi connectivity index (χ4v) is 2.60. The largest absolute Gasteiger partial charge is 0.384 e. The molecular weight excluding hydrogens is 270 g/mol. The summed E-state index contributed by atoms with van der Waals surface area (Å²) in [5, 5.41) is 11.6. The molecule has 0 unspecified atom stereocenters. The molecule has 0 atom stereocenters. The zero-order chi connectivity index (χ0) is 14.4. The molecule has 0 aliphatic heterocycles. The lowest BCUT2D eigenvalue weighted by Crippen LogP contribution is -2.23. The van der Waals surface area contributed by atoms with Crippen LogP contribution in [0.4, 0.5) is 0 Å². The monoisotopic (exact) mass is 285 g/mol. The van der Waals surface area contributed by atoms with Crippen LogP contribution in [0.3, 0.4) is 0 Å². The number of aryl methyl sites for hydroxylation is 1. The third-order valence-electron chi connectivity index (χ3n) is 2.69. The van der Waals surface area contributed by atoms with Crippen LogP contribution in [0.25, 0.3) is 0 Å². The smallest absolute Gasteiger partial charge is 0.252 e. The molecule has 1 aromatic heterocycles. The van der Waals surface area contributed by atoms with Crippen LogP contribution < -0.4 is 5.32 Å². The Kier molecular flexibility index (Phi) is 4.94. The van der Waals surface area contributed by atoms with Crippen molar-refractivity contribution in [2.24, 2.45) is 0 Å². The van der Waals surface area contributed by atoms with Crippen LogP contribution in [0.2, 0.25) is 0 Å². The number of hydrogen-bond donors (Lipinski definition) is 2. The van der Waals surface area contributed by atoms with E-state index in [4.69, 9.17) is 5.11 Å². The maximum Gasteiger partial charge on any atom is 0.252 e. The van der Waals surface area contributed by atoms with Crippen molar-refractivity contribution in [1.29, 1.82) is 0 Å². The highest BCUT2D eigenvalue weighted by atomic mass is 32.1. The number of benzene rings is 1. The van der Waals surface area contributed by atoms with E-state index in [1.54, 1.807) is 29.5 Å². The summed E-state index contributed by atoms with van der Waals surface area (Å²) in [4.78, 5) is 14.5. The Bertz CT molecular complexity index is 664. The molecule has 1 heterocycles. The molecule has 1 aromatic carbocycles. The van der Waals surface area contributed by atoms with Gasteiger partial charge in [0.1, 0.15) is 6.61 Å². The van der Waals surface area contributed by atoms with Crippen LogP contribution in [-0.2, 0) is 6.54 Å². The average molecular weight is 285 g/mol. The molecule has 2 N–H and O–H groups in total. The van der Waals surface area contributed by atoms with Crippen molar-refractivity contribution in [3.05, 3.63) is 57.3 Å². The molecule has 1 amide bonds. The van der Waals surface area contributed by atoms with E-state index in [9.17, 15) is 4.79 Å². The zero-order valence-corrected chi connectivity index (χ0v) is 12.0. The number of rotatable bonds is 3. The highest BCUT2D eigenvalue weighted by Gasteiger charge is 2.09. The van der Waals surface area contributed by atoms with Gasteiger partial charge < -0.3 is 10.4 Å². The number of aliphatic hydroxyl groups excluding tert-OH is 1. The van der Waals surface area contributed by atoms with E-state index < -0.39 is 0 Å². The van der Waals surface area contributed by atoms with Crippen LogP contribution in [0.15, 0.2) is 36.4 Å². The van der Waals surface area contributed by atoms with E-state index in [2.05, 4.69) is 17.2 Å². The molecule has 3 nitrogen and oxygen atoms in total. The molecule has 4 heteroatoms. The van der Waals surface area contributed by atoms with E-state index in [0.29, 0.717) is 17.7 Å². The first-order chi connectivity index (χ1) is 9.70. The summed E-state index contributed by atoms with van der Waals surface area (Å²) in [7, 11) is 0. The quantitative estimate of drug-likeness (QED) is 0.850. The van der Waals surface area contributed by atoms with E-state index in [1.165, 1.54) is 4.88 Å². The summed E-state index contributed by atoms with van der Waals surface area (Å²) in [5.41, 5.74) is 1.16. The Morgan fingerprint density at radius 1 is 1.30 bits per heavy atom. The molecule has 102 valence electrons. The van der Waals surface area contributed by atoms with Gasteiger partial charge in [0.25, 0.3) is 5.91 Å². The van der Waals surface area contributed by atoms with Gasteiger partial charge in [-0.25, -0.2) is 0 Å². The highest BCUT2D eigenvalue weighted by molar-refractivity contribution is 7.11. The predicted molar refractivity (Wildman–Crippen MR) is 80.6 cm³/mol. The van der Waals surface area contributed by atoms with Crippen LogP contribution in [0.5, 0.6) is 0 Å². The summed E-state index contributed by atoms with van der Waals surface area (Å²) in [6, 6.07) is 11.2. The second kappa shape index (κ2) is 6.90. The molecule has 0 fully saturated rings. The normalized spacial score (nSPS) is 9.70. The lowest BCUT2D eigenvalue weighted by molar-refractivity contribution is 0.0951. The van der Waals surface area contributed by atoms with Crippen LogP contribution in [-0.4, -0.2) is 17.6 Å². The molecule has 0 saturated carbocycles. The molecule has 0 radical (unpaired) electrons. The summed E-state index contributed by atoms with van der Waals surface area (Å²) in [6.45, 7) is 2.33. The minimum Gasteiger partial charge on any atom is -0.384 e. The number of carbonyl (C=O) groups is 1. The van der Waals surface area contributed by atoms with Crippen molar-refractivity contribution >= 4 is 17.2 Å². The predicted octanol–water partition coefficient (Wildman–Crippen LogP) is 2.33. The van der Waals surface area contributed by atoms with E-state index in [-0.39, 0.29) is 12.5 Å². The number of hydrogen-bond acceptors (Lipinski definition) is 3. The Morgan fingerprint density at radius 3 is 2.80 bits per heavy atom. The Morgan fingerprint density at radius 2 is 2.10 bits per heavy atom. The number of aliphatic hydroxyl groups is 1. The first-order valence-electron chi connectivity index (χ1n) is 6.23. The molecule has 20 heavy (non-hydrogen) atoms. The van der Waals surface area contributed by atoms with Gasteiger partial charge in [-0.2, -0.15) is 0 Å². The van der Waals surface area contributed by atoms with E-state index in [1.807, 2.05) is 25.1 Å². The fraction of sp³-hybridized carbons (Fsp3) is 0.188. The van der Waals surface area contributed by atoms with Gasteiger partial charge in [0, 0.05) is 15.3 Å². The van der Waals surface area contributed by atoms with Crippen molar-refractivity contribution in [2.75, 3.05) is 6.61 Å². The minimum atomic E-state index is -0.218. The van der Waals surface area contributed by atoms with Crippen molar-refractivity contribution in [3.63, 3.8) is 0 Å². The molecule has 0 aliphatic carbocycles. The average Bonchev–Trinajstić information content (AvgIpc) is 2.88.